The Morgan fingerprint density at radius 2 is 1.96 bits per heavy atom. The predicted molar refractivity (Wildman–Crippen MR) is 98.3 cm³/mol. The monoisotopic (exact) mass is 381 g/mol. The average molecular weight is 382 g/mol. The highest BCUT2D eigenvalue weighted by molar-refractivity contribution is 8.00. The molecule has 0 saturated heterocycles. The number of esters is 1. The van der Waals surface area contributed by atoms with Crippen molar-refractivity contribution >= 4 is 40.9 Å². The summed E-state index contributed by atoms with van der Waals surface area (Å²) in [6, 6.07) is 11.7. The number of anilines is 1. The lowest BCUT2D eigenvalue weighted by Gasteiger charge is -2.08. The average Bonchev–Trinajstić information content (AvgIpc) is 2.54. The standard InChI is InChI=1S/C18H17ClFNO3S/c1-12-4-2-5-13(8-12)21-17(22)10-25-11-18(23)24-9-14-15(19)6-3-7-16(14)20/h2-8H,9-11H2,1H3,(H,21,22). The first-order chi connectivity index (χ1) is 12.0. The van der Waals surface area contributed by atoms with Crippen LogP contribution in [-0.2, 0) is 20.9 Å². The summed E-state index contributed by atoms with van der Waals surface area (Å²) in [4.78, 5) is 23.5. The molecule has 0 aliphatic heterocycles. The van der Waals surface area contributed by atoms with Gasteiger partial charge >= 0.3 is 5.97 Å². The van der Waals surface area contributed by atoms with Crippen LogP contribution in [0.25, 0.3) is 0 Å². The first-order valence-corrected chi connectivity index (χ1v) is 9.02. The molecule has 7 heteroatoms. The van der Waals surface area contributed by atoms with Crippen LogP contribution in [0.5, 0.6) is 0 Å². The van der Waals surface area contributed by atoms with Crippen LogP contribution in [0.3, 0.4) is 0 Å². The van der Waals surface area contributed by atoms with Crippen molar-refractivity contribution < 1.29 is 18.7 Å². The predicted octanol–water partition coefficient (Wildman–Crippen LogP) is 4.20. The minimum Gasteiger partial charge on any atom is -0.460 e. The quantitative estimate of drug-likeness (QED) is 0.730. The second-order valence-corrected chi connectivity index (χ2v) is 6.66. The van der Waals surface area contributed by atoms with Gasteiger partial charge < -0.3 is 10.1 Å². The molecule has 4 nitrogen and oxygen atoms in total. The summed E-state index contributed by atoms with van der Waals surface area (Å²) in [6.07, 6.45) is 0. The molecule has 132 valence electrons. The molecule has 0 saturated carbocycles. The van der Waals surface area contributed by atoms with Crippen LogP contribution in [0.1, 0.15) is 11.1 Å². The van der Waals surface area contributed by atoms with E-state index in [1.165, 1.54) is 18.2 Å². The number of hydrogen-bond acceptors (Lipinski definition) is 4. The highest BCUT2D eigenvalue weighted by Crippen LogP contribution is 2.20. The maximum Gasteiger partial charge on any atom is 0.316 e. The van der Waals surface area contributed by atoms with E-state index in [2.05, 4.69) is 5.32 Å². The lowest BCUT2D eigenvalue weighted by Crippen LogP contribution is -2.16. The number of benzene rings is 2. The molecule has 2 aromatic carbocycles. The van der Waals surface area contributed by atoms with Gasteiger partial charge in [-0.05, 0) is 36.8 Å². The van der Waals surface area contributed by atoms with Crippen LogP contribution >= 0.6 is 23.4 Å². The zero-order valence-corrected chi connectivity index (χ0v) is 15.1. The van der Waals surface area contributed by atoms with Gasteiger partial charge in [-0.15, -0.1) is 11.8 Å². The molecule has 0 fully saturated rings. The third-order valence-corrected chi connectivity index (χ3v) is 4.45. The van der Waals surface area contributed by atoms with Crippen LogP contribution in [0.2, 0.25) is 5.02 Å². The Kier molecular flexibility index (Phi) is 7.28. The van der Waals surface area contributed by atoms with Gasteiger partial charge in [0.25, 0.3) is 0 Å². The molecule has 2 rings (SSSR count). The molecule has 0 heterocycles. The molecular weight excluding hydrogens is 365 g/mol. The van der Waals surface area contributed by atoms with Crippen LogP contribution in [0.15, 0.2) is 42.5 Å². The fraction of sp³-hybridized carbons (Fsp3) is 0.222. The molecule has 1 N–H and O–H groups in total. The molecule has 0 spiro atoms. The fourth-order valence-electron chi connectivity index (χ4n) is 2.01. The number of aryl methyl sites for hydroxylation is 1. The first kappa shape index (κ1) is 19.3. The van der Waals surface area contributed by atoms with Gasteiger partial charge in [-0.2, -0.15) is 0 Å². The van der Waals surface area contributed by atoms with Crippen molar-refractivity contribution in [1.29, 1.82) is 0 Å². The number of halogens is 2. The Morgan fingerprint density at radius 3 is 2.68 bits per heavy atom. The van der Waals surface area contributed by atoms with E-state index in [1.807, 2.05) is 25.1 Å². The highest BCUT2D eigenvalue weighted by atomic mass is 35.5. The van der Waals surface area contributed by atoms with Crippen LogP contribution in [0.4, 0.5) is 10.1 Å². The summed E-state index contributed by atoms with van der Waals surface area (Å²) in [6.45, 7) is 1.70. The van der Waals surface area contributed by atoms with Gasteiger partial charge in [0.15, 0.2) is 0 Å². The maximum atomic E-state index is 13.6. The number of amides is 1. The Hall–Kier alpha value is -2.05. The summed E-state index contributed by atoms with van der Waals surface area (Å²) in [7, 11) is 0. The van der Waals surface area contributed by atoms with Gasteiger partial charge in [-0.25, -0.2) is 4.39 Å². The van der Waals surface area contributed by atoms with Crippen LogP contribution in [0, 0.1) is 12.7 Å². The number of carbonyl (C=O) groups excluding carboxylic acids is 2. The molecule has 0 bridgehead atoms. The molecule has 0 radical (unpaired) electrons. The van der Waals surface area contributed by atoms with Crippen LogP contribution in [-0.4, -0.2) is 23.4 Å². The van der Waals surface area contributed by atoms with Crippen molar-refractivity contribution in [2.75, 3.05) is 16.8 Å². The molecular formula is C18H17ClFNO3S. The molecule has 0 atom stereocenters. The molecule has 0 aliphatic rings. The summed E-state index contributed by atoms with van der Waals surface area (Å²) >= 11 is 6.98. The molecule has 2 aromatic rings. The topological polar surface area (TPSA) is 55.4 Å². The summed E-state index contributed by atoms with van der Waals surface area (Å²) < 4.78 is 18.5. The van der Waals surface area contributed by atoms with Gasteiger partial charge in [-0.3, -0.25) is 9.59 Å². The Morgan fingerprint density at radius 1 is 1.20 bits per heavy atom. The van der Waals surface area contributed by atoms with Crippen molar-refractivity contribution in [3.63, 3.8) is 0 Å². The number of thioether (sulfide) groups is 1. The molecule has 1 amide bonds. The number of carbonyl (C=O) groups is 2. The number of hydrogen-bond donors (Lipinski definition) is 1. The number of rotatable bonds is 7. The van der Waals surface area contributed by atoms with Gasteiger partial charge in [0.1, 0.15) is 12.4 Å². The van der Waals surface area contributed by atoms with E-state index in [1.54, 1.807) is 6.07 Å². The normalized spacial score (nSPS) is 10.4. The van der Waals surface area contributed by atoms with E-state index >= 15 is 0 Å². The van der Waals surface area contributed by atoms with E-state index in [0.29, 0.717) is 5.69 Å². The highest BCUT2D eigenvalue weighted by Gasteiger charge is 2.11. The molecule has 0 aliphatic carbocycles. The van der Waals surface area contributed by atoms with Crippen molar-refractivity contribution in [3.05, 3.63) is 64.4 Å². The van der Waals surface area contributed by atoms with Gasteiger partial charge in [0.05, 0.1) is 16.5 Å². The van der Waals surface area contributed by atoms with E-state index in [-0.39, 0.29) is 34.6 Å². The minimum absolute atomic E-state index is 0.00664. The summed E-state index contributed by atoms with van der Waals surface area (Å²) in [5.41, 5.74) is 1.89. The Balaban J connectivity index is 1.70. The zero-order chi connectivity index (χ0) is 18.2. The Bertz CT molecular complexity index is 749. The van der Waals surface area contributed by atoms with E-state index in [9.17, 15) is 14.0 Å². The summed E-state index contributed by atoms with van der Waals surface area (Å²) in [5, 5.41) is 2.96. The van der Waals surface area contributed by atoms with Crippen molar-refractivity contribution in [2.45, 2.75) is 13.5 Å². The minimum atomic E-state index is -0.535. The van der Waals surface area contributed by atoms with Crippen LogP contribution < -0.4 is 5.32 Å². The largest absolute Gasteiger partial charge is 0.460 e. The third-order valence-electron chi connectivity index (χ3n) is 3.19. The van der Waals surface area contributed by atoms with E-state index < -0.39 is 11.8 Å². The van der Waals surface area contributed by atoms with Crippen molar-refractivity contribution in [2.24, 2.45) is 0 Å². The van der Waals surface area contributed by atoms with Gasteiger partial charge in [-0.1, -0.05) is 29.8 Å². The molecule has 0 aromatic heterocycles. The van der Waals surface area contributed by atoms with E-state index in [4.69, 9.17) is 16.3 Å². The number of nitrogens with one attached hydrogen (secondary N) is 1. The summed E-state index contributed by atoms with van der Waals surface area (Å²) in [5.74, 6) is -1.16. The maximum absolute atomic E-state index is 13.6. The second kappa shape index (κ2) is 9.44. The van der Waals surface area contributed by atoms with Gasteiger partial charge in [0, 0.05) is 11.3 Å². The SMILES string of the molecule is Cc1cccc(NC(=O)CSCC(=O)OCc2c(F)cccc2Cl)c1. The molecule has 25 heavy (non-hydrogen) atoms. The van der Waals surface area contributed by atoms with Crippen molar-refractivity contribution in [3.8, 4) is 0 Å². The first-order valence-electron chi connectivity index (χ1n) is 7.48. The fourth-order valence-corrected chi connectivity index (χ4v) is 2.84. The number of ether oxygens (including phenoxy) is 1. The second-order valence-electron chi connectivity index (χ2n) is 5.27. The zero-order valence-electron chi connectivity index (χ0n) is 13.6. The third kappa shape index (κ3) is 6.40. The van der Waals surface area contributed by atoms with Crippen molar-refractivity contribution in [1.82, 2.24) is 0 Å². The lowest BCUT2D eigenvalue weighted by atomic mass is 10.2. The Labute approximate surface area is 154 Å². The molecule has 0 unspecified atom stereocenters. The lowest BCUT2D eigenvalue weighted by molar-refractivity contribution is -0.141. The van der Waals surface area contributed by atoms with E-state index in [0.717, 1.165) is 17.3 Å². The van der Waals surface area contributed by atoms with Gasteiger partial charge in [0.2, 0.25) is 5.91 Å². The smallest absolute Gasteiger partial charge is 0.316 e.